The first-order valence-corrected chi connectivity index (χ1v) is 8.18. The van der Waals surface area contributed by atoms with E-state index in [-0.39, 0.29) is 10.9 Å². The first kappa shape index (κ1) is 15.5. The van der Waals surface area contributed by atoms with E-state index < -0.39 is 10.0 Å². The van der Waals surface area contributed by atoms with E-state index >= 15 is 0 Å². The Kier molecular flexibility index (Phi) is 4.92. The molecule has 0 bridgehead atoms. The number of anilines is 1. The van der Waals surface area contributed by atoms with E-state index in [1.807, 2.05) is 11.5 Å². The molecule has 0 aliphatic heterocycles. The molecule has 0 spiro atoms. The zero-order chi connectivity index (χ0) is 15.3. The summed E-state index contributed by atoms with van der Waals surface area (Å²) in [4.78, 5) is 8.16. The van der Waals surface area contributed by atoms with Crippen LogP contribution in [0.15, 0.2) is 41.9 Å². The van der Waals surface area contributed by atoms with E-state index in [4.69, 9.17) is 0 Å². The van der Waals surface area contributed by atoms with Gasteiger partial charge >= 0.3 is 0 Å². The van der Waals surface area contributed by atoms with Crippen LogP contribution in [0.4, 0.5) is 5.82 Å². The fourth-order valence-electron chi connectivity index (χ4n) is 1.98. The molecule has 21 heavy (non-hydrogen) atoms. The molecule has 0 radical (unpaired) electrons. The van der Waals surface area contributed by atoms with Gasteiger partial charge in [0.25, 0.3) is 0 Å². The Bertz CT molecular complexity index is 670. The summed E-state index contributed by atoms with van der Waals surface area (Å²) >= 11 is 0. The molecular formula is C13H19N5O2S. The Balaban J connectivity index is 2.14. The highest BCUT2D eigenvalue weighted by molar-refractivity contribution is 7.89. The van der Waals surface area contributed by atoms with Crippen molar-refractivity contribution in [3.8, 4) is 0 Å². The molecule has 0 saturated carbocycles. The zero-order valence-electron chi connectivity index (χ0n) is 12.0. The summed E-state index contributed by atoms with van der Waals surface area (Å²) in [6.07, 6.45) is 6.66. The predicted molar refractivity (Wildman–Crippen MR) is 80.4 cm³/mol. The molecular weight excluding hydrogens is 290 g/mol. The van der Waals surface area contributed by atoms with Gasteiger partial charge in [0.2, 0.25) is 10.0 Å². The molecule has 2 N–H and O–H groups in total. The molecule has 1 unspecified atom stereocenters. The molecule has 0 aromatic carbocycles. The van der Waals surface area contributed by atoms with Gasteiger partial charge in [0.15, 0.2) is 0 Å². The number of nitrogens with one attached hydrogen (secondary N) is 2. The molecule has 8 heteroatoms. The van der Waals surface area contributed by atoms with Crippen LogP contribution < -0.4 is 10.0 Å². The van der Waals surface area contributed by atoms with E-state index in [0.717, 1.165) is 0 Å². The predicted octanol–water partition coefficient (Wildman–Crippen LogP) is 1.08. The lowest BCUT2D eigenvalue weighted by Gasteiger charge is -2.16. The van der Waals surface area contributed by atoms with Crippen molar-refractivity contribution in [3.05, 3.63) is 37.1 Å². The van der Waals surface area contributed by atoms with E-state index in [1.54, 1.807) is 37.9 Å². The molecule has 7 nitrogen and oxygen atoms in total. The second-order valence-electron chi connectivity index (χ2n) is 4.66. The van der Waals surface area contributed by atoms with Crippen LogP contribution in [0.5, 0.6) is 0 Å². The van der Waals surface area contributed by atoms with Crippen molar-refractivity contribution in [2.45, 2.75) is 31.3 Å². The summed E-state index contributed by atoms with van der Waals surface area (Å²) in [6, 6.07) is 2.88. The van der Waals surface area contributed by atoms with Gasteiger partial charge in [-0.25, -0.2) is 23.1 Å². The fourth-order valence-corrected chi connectivity index (χ4v) is 3.35. The van der Waals surface area contributed by atoms with E-state index in [9.17, 15) is 8.42 Å². The second-order valence-corrected chi connectivity index (χ2v) is 6.34. The van der Waals surface area contributed by atoms with E-state index in [2.05, 4.69) is 20.0 Å². The maximum Gasteiger partial charge on any atom is 0.244 e. The molecule has 0 saturated heterocycles. The summed E-state index contributed by atoms with van der Waals surface area (Å²) in [5.74, 6) is 0.363. The molecule has 2 heterocycles. The lowest BCUT2D eigenvalue weighted by Crippen LogP contribution is -2.35. The fraction of sp³-hybridized carbons (Fsp3) is 0.385. The lowest BCUT2D eigenvalue weighted by molar-refractivity contribution is 0.520. The Labute approximate surface area is 124 Å². The van der Waals surface area contributed by atoms with Crippen LogP contribution in [-0.4, -0.2) is 35.5 Å². The molecule has 0 aliphatic rings. The Hall–Kier alpha value is -1.93. The van der Waals surface area contributed by atoms with Crippen LogP contribution in [0.25, 0.3) is 0 Å². The van der Waals surface area contributed by atoms with Gasteiger partial charge < -0.3 is 9.88 Å². The summed E-state index contributed by atoms with van der Waals surface area (Å²) in [5.41, 5.74) is 0. The number of hydrogen-bond donors (Lipinski definition) is 2. The SMILES string of the molecule is CCNc1ncccc1S(=O)(=O)NC(C)Cn1ccnc1. The van der Waals surface area contributed by atoms with Crippen LogP contribution >= 0.6 is 0 Å². The summed E-state index contributed by atoms with van der Waals surface area (Å²) in [7, 11) is -3.62. The third kappa shape index (κ3) is 4.02. The maximum atomic E-state index is 12.5. The Morgan fingerprint density at radius 3 is 2.86 bits per heavy atom. The van der Waals surface area contributed by atoms with Crippen molar-refractivity contribution in [1.29, 1.82) is 0 Å². The molecule has 1 atom stereocenters. The van der Waals surface area contributed by atoms with Crippen molar-refractivity contribution in [1.82, 2.24) is 19.3 Å². The number of aromatic nitrogens is 3. The number of hydrogen-bond acceptors (Lipinski definition) is 5. The van der Waals surface area contributed by atoms with Crippen molar-refractivity contribution in [3.63, 3.8) is 0 Å². The van der Waals surface area contributed by atoms with E-state index in [0.29, 0.717) is 18.9 Å². The smallest absolute Gasteiger partial charge is 0.244 e. The third-order valence-corrected chi connectivity index (χ3v) is 4.43. The minimum Gasteiger partial charge on any atom is -0.369 e. The first-order valence-electron chi connectivity index (χ1n) is 6.70. The van der Waals surface area contributed by atoms with Gasteiger partial charge in [-0.15, -0.1) is 0 Å². The number of rotatable bonds is 7. The van der Waals surface area contributed by atoms with Crippen LogP contribution in [0.2, 0.25) is 0 Å². The van der Waals surface area contributed by atoms with Crippen molar-refractivity contribution in [2.24, 2.45) is 0 Å². The topological polar surface area (TPSA) is 88.9 Å². The summed E-state index contributed by atoms with van der Waals surface area (Å²) in [6.45, 7) is 4.81. The molecule has 2 aromatic heterocycles. The van der Waals surface area contributed by atoms with Crippen LogP contribution in [0, 0.1) is 0 Å². The standard InChI is InChI=1S/C13H19N5O2S/c1-3-15-13-12(5-4-6-16-13)21(19,20)17-11(2)9-18-8-7-14-10-18/h4-8,10-11,17H,3,9H2,1-2H3,(H,15,16). The van der Waals surface area contributed by atoms with Gasteiger partial charge in [-0.3, -0.25) is 0 Å². The van der Waals surface area contributed by atoms with E-state index in [1.165, 1.54) is 6.07 Å². The monoisotopic (exact) mass is 309 g/mol. The average Bonchev–Trinajstić information content (AvgIpc) is 2.91. The molecule has 2 rings (SSSR count). The molecule has 0 aliphatic carbocycles. The molecule has 114 valence electrons. The highest BCUT2D eigenvalue weighted by atomic mass is 32.2. The first-order chi connectivity index (χ1) is 10.0. The number of nitrogens with zero attached hydrogens (tertiary/aromatic N) is 3. The largest absolute Gasteiger partial charge is 0.369 e. The Morgan fingerprint density at radius 2 is 2.19 bits per heavy atom. The highest BCUT2D eigenvalue weighted by Gasteiger charge is 2.21. The highest BCUT2D eigenvalue weighted by Crippen LogP contribution is 2.18. The normalized spacial score (nSPS) is 13.0. The molecule has 0 amide bonds. The van der Waals surface area contributed by atoms with Gasteiger partial charge in [0.05, 0.1) is 6.33 Å². The maximum absolute atomic E-state index is 12.5. The number of pyridine rings is 1. The Morgan fingerprint density at radius 1 is 1.38 bits per heavy atom. The summed E-state index contributed by atoms with van der Waals surface area (Å²) in [5, 5.41) is 2.96. The average molecular weight is 309 g/mol. The van der Waals surface area contributed by atoms with Crippen molar-refractivity contribution >= 4 is 15.8 Å². The zero-order valence-corrected chi connectivity index (χ0v) is 12.8. The minimum atomic E-state index is -3.62. The quantitative estimate of drug-likeness (QED) is 0.799. The van der Waals surface area contributed by atoms with Crippen LogP contribution in [-0.2, 0) is 16.6 Å². The summed E-state index contributed by atoms with van der Waals surface area (Å²) < 4.78 is 29.4. The van der Waals surface area contributed by atoms with Gasteiger partial charge in [-0.1, -0.05) is 0 Å². The lowest BCUT2D eigenvalue weighted by atomic mass is 10.4. The second kappa shape index (κ2) is 6.68. The van der Waals surface area contributed by atoms with Gasteiger partial charge in [-0.05, 0) is 26.0 Å². The van der Waals surface area contributed by atoms with Gasteiger partial charge in [0.1, 0.15) is 10.7 Å². The number of sulfonamides is 1. The number of imidazole rings is 1. The molecule has 0 fully saturated rings. The van der Waals surface area contributed by atoms with Crippen LogP contribution in [0.3, 0.4) is 0 Å². The minimum absolute atomic E-state index is 0.157. The third-order valence-electron chi connectivity index (χ3n) is 2.80. The molecule has 2 aromatic rings. The van der Waals surface area contributed by atoms with Gasteiger partial charge in [-0.2, -0.15) is 0 Å². The van der Waals surface area contributed by atoms with Crippen molar-refractivity contribution in [2.75, 3.05) is 11.9 Å². The van der Waals surface area contributed by atoms with Gasteiger partial charge in [0, 0.05) is 37.7 Å². The van der Waals surface area contributed by atoms with Crippen LogP contribution in [0.1, 0.15) is 13.8 Å². The van der Waals surface area contributed by atoms with Crippen molar-refractivity contribution < 1.29 is 8.42 Å².